The summed E-state index contributed by atoms with van der Waals surface area (Å²) in [5, 5.41) is -0.972. The van der Waals surface area contributed by atoms with Gasteiger partial charge in [-0.25, -0.2) is 8.42 Å². The zero-order valence-electron chi connectivity index (χ0n) is 12.3. The van der Waals surface area contributed by atoms with Gasteiger partial charge < -0.3 is 15.5 Å². The van der Waals surface area contributed by atoms with Gasteiger partial charge in [0.25, 0.3) is 0 Å². The molecule has 1 aliphatic rings. The molecule has 0 spiro atoms. The van der Waals surface area contributed by atoms with E-state index in [9.17, 15) is 13.2 Å². The van der Waals surface area contributed by atoms with Crippen molar-refractivity contribution in [2.45, 2.75) is 12.2 Å². The standard InChI is InChI=1S/C14H21N3O3S/c1-11(21(2,19)20)14(18)17-9-7-16(8-10-17)13-5-3-12(15)4-6-13/h3-6,11H,7-10,15H2,1-2H3. The van der Waals surface area contributed by atoms with E-state index >= 15 is 0 Å². The van der Waals surface area contributed by atoms with Gasteiger partial charge in [0, 0.05) is 43.8 Å². The lowest BCUT2D eigenvalue weighted by Crippen LogP contribution is -2.52. The van der Waals surface area contributed by atoms with Crippen molar-refractivity contribution in [2.75, 3.05) is 43.1 Å². The predicted octanol–water partition coefficient (Wildman–Crippen LogP) is 0.351. The third-order valence-corrected chi connectivity index (χ3v) is 5.33. The number of nitrogens with zero attached hydrogens (tertiary/aromatic N) is 2. The maximum Gasteiger partial charge on any atom is 0.240 e. The number of anilines is 2. The highest BCUT2D eigenvalue weighted by molar-refractivity contribution is 7.92. The minimum atomic E-state index is -3.34. The zero-order valence-corrected chi connectivity index (χ0v) is 13.1. The molecule has 1 amide bonds. The van der Waals surface area contributed by atoms with Gasteiger partial charge in [0.2, 0.25) is 5.91 Å². The van der Waals surface area contributed by atoms with Crippen LogP contribution in [0.15, 0.2) is 24.3 Å². The summed E-state index contributed by atoms with van der Waals surface area (Å²) in [5.41, 5.74) is 7.44. The molecule has 0 radical (unpaired) electrons. The summed E-state index contributed by atoms with van der Waals surface area (Å²) in [6.45, 7) is 3.88. The summed E-state index contributed by atoms with van der Waals surface area (Å²) in [5.74, 6) is -0.311. The van der Waals surface area contributed by atoms with E-state index in [1.807, 2.05) is 24.3 Å². The number of carbonyl (C=O) groups excluding carboxylic acids is 1. The van der Waals surface area contributed by atoms with Gasteiger partial charge in [0.1, 0.15) is 5.25 Å². The molecule has 2 rings (SSSR count). The van der Waals surface area contributed by atoms with Gasteiger partial charge in [-0.05, 0) is 31.2 Å². The highest BCUT2D eigenvalue weighted by Crippen LogP contribution is 2.18. The van der Waals surface area contributed by atoms with Crippen LogP contribution >= 0.6 is 0 Å². The lowest BCUT2D eigenvalue weighted by Gasteiger charge is -2.37. The fourth-order valence-electron chi connectivity index (χ4n) is 2.31. The molecule has 0 aromatic heterocycles. The molecule has 7 heteroatoms. The van der Waals surface area contributed by atoms with Crippen molar-refractivity contribution in [1.82, 2.24) is 4.90 Å². The predicted molar refractivity (Wildman–Crippen MR) is 84.0 cm³/mol. The van der Waals surface area contributed by atoms with Crippen LogP contribution in [0.2, 0.25) is 0 Å². The zero-order chi connectivity index (χ0) is 15.6. The van der Waals surface area contributed by atoms with Crippen molar-refractivity contribution in [1.29, 1.82) is 0 Å². The van der Waals surface area contributed by atoms with E-state index in [2.05, 4.69) is 4.90 Å². The maximum atomic E-state index is 12.1. The molecule has 1 saturated heterocycles. The highest BCUT2D eigenvalue weighted by atomic mass is 32.2. The first-order chi connectivity index (χ1) is 9.79. The second-order valence-corrected chi connectivity index (χ2v) is 7.74. The summed E-state index contributed by atoms with van der Waals surface area (Å²) >= 11 is 0. The Morgan fingerprint density at radius 3 is 2.14 bits per heavy atom. The molecule has 0 saturated carbocycles. The van der Waals surface area contributed by atoms with Crippen LogP contribution in [0.25, 0.3) is 0 Å². The Morgan fingerprint density at radius 2 is 1.67 bits per heavy atom. The van der Waals surface area contributed by atoms with Crippen molar-refractivity contribution in [3.8, 4) is 0 Å². The third kappa shape index (κ3) is 3.66. The van der Waals surface area contributed by atoms with Gasteiger partial charge in [-0.15, -0.1) is 0 Å². The topological polar surface area (TPSA) is 83.7 Å². The number of nitrogen functional groups attached to an aromatic ring is 1. The summed E-state index contributed by atoms with van der Waals surface area (Å²) < 4.78 is 22.9. The first-order valence-electron chi connectivity index (χ1n) is 6.87. The molecule has 21 heavy (non-hydrogen) atoms. The first kappa shape index (κ1) is 15.6. The van der Waals surface area contributed by atoms with E-state index < -0.39 is 15.1 Å². The minimum absolute atomic E-state index is 0.311. The van der Waals surface area contributed by atoms with Gasteiger partial charge in [-0.2, -0.15) is 0 Å². The van der Waals surface area contributed by atoms with Gasteiger partial charge in [0.05, 0.1) is 0 Å². The molecule has 1 aromatic rings. The number of benzene rings is 1. The molecule has 0 aliphatic carbocycles. The lowest BCUT2D eigenvalue weighted by molar-refractivity contribution is -0.130. The normalized spacial score (nSPS) is 17.6. The Bertz CT molecular complexity index is 605. The third-order valence-electron chi connectivity index (χ3n) is 3.84. The molecule has 1 unspecified atom stereocenters. The second kappa shape index (κ2) is 5.93. The lowest BCUT2D eigenvalue weighted by atomic mass is 10.2. The Hall–Kier alpha value is -1.76. The number of carbonyl (C=O) groups is 1. The number of nitrogens with two attached hydrogens (primary N) is 1. The van der Waals surface area contributed by atoms with E-state index in [-0.39, 0.29) is 5.91 Å². The number of rotatable bonds is 3. The van der Waals surface area contributed by atoms with Crippen LogP contribution < -0.4 is 10.6 Å². The van der Waals surface area contributed by atoms with Gasteiger partial charge >= 0.3 is 0 Å². The summed E-state index contributed by atoms with van der Waals surface area (Å²) in [7, 11) is -3.34. The van der Waals surface area contributed by atoms with Gasteiger partial charge in [-0.3, -0.25) is 4.79 Å². The SMILES string of the molecule is CC(C(=O)N1CCN(c2ccc(N)cc2)CC1)S(C)(=O)=O. The molecule has 1 aromatic carbocycles. The van der Waals surface area contributed by atoms with Crippen LogP contribution in [-0.2, 0) is 14.6 Å². The Morgan fingerprint density at radius 1 is 1.14 bits per heavy atom. The second-order valence-electron chi connectivity index (χ2n) is 5.38. The van der Waals surface area contributed by atoms with Crippen LogP contribution in [0.3, 0.4) is 0 Å². The molecule has 1 atom stereocenters. The number of sulfone groups is 1. The molecule has 0 bridgehead atoms. The Balaban J connectivity index is 1.97. The quantitative estimate of drug-likeness (QED) is 0.814. The molecule has 1 heterocycles. The smallest absolute Gasteiger partial charge is 0.240 e. The molecule has 1 aliphatic heterocycles. The summed E-state index contributed by atoms with van der Waals surface area (Å²) in [6, 6.07) is 7.59. The van der Waals surface area contributed by atoms with E-state index in [1.165, 1.54) is 6.92 Å². The van der Waals surface area contributed by atoms with Crippen LogP contribution in [0.1, 0.15) is 6.92 Å². The average molecular weight is 311 g/mol. The average Bonchev–Trinajstić information content (AvgIpc) is 2.46. The first-order valence-corrected chi connectivity index (χ1v) is 8.82. The van der Waals surface area contributed by atoms with Crippen LogP contribution in [-0.4, -0.2) is 56.9 Å². The van der Waals surface area contributed by atoms with Crippen molar-refractivity contribution in [2.24, 2.45) is 0 Å². The number of amides is 1. The fourth-order valence-corrected chi connectivity index (χ4v) is 2.83. The summed E-state index contributed by atoms with van der Waals surface area (Å²) in [4.78, 5) is 15.9. The molecule has 2 N–H and O–H groups in total. The van der Waals surface area contributed by atoms with Crippen molar-refractivity contribution >= 4 is 27.1 Å². The minimum Gasteiger partial charge on any atom is -0.399 e. The molecule has 116 valence electrons. The van der Waals surface area contributed by atoms with E-state index in [0.717, 1.165) is 17.6 Å². The van der Waals surface area contributed by atoms with Crippen molar-refractivity contribution < 1.29 is 13.2 Å². The molecular formula is C14H21N3O3S. The Labute approximate surface area is 125 Å². The number of hydrogen-bond acceptors (Lipinski definition) is 5. The fraction of sp³-hybridized carbons (Fsp3) is 0.500. The van der Waals surface area contributed by atoms with Crippen molar-refractivity contribution in [3.05, 3.63) is 24.3 Å². The Kier molecular flexibility index (Phi) is 4.41. The van der Waals surface area contributed by atoms with Crippen molar-refractivity contribution in [3.63, 3.8) is 0 Å². The molecule has 6 nitrogen and oxygen atoms in total. The number of hydrogen-bond donors (Lipinski definition) is 1. The van der Waals surface area contributed by atoms with Gasteiger partial charge in [-0.1, -0.05) is 0 Å². The highest BCUT2D eigenvalue weighted by Gasteiger charge is 2.30. The van der Waals surface area contributed by atoms with Crippen LogP contribution in [0.4, 0.5) is 11.4 Å². The monoisotopic (exact) mass is 311 g/mol. The largest absolute Gasteiger partial charge is 0.399 e. The number of piperazine rings is 1. The summed E-state index contributed by atoms with van der Waals surface area (Å²) in [6.07, 6.45) is 1.10. The van der Waals surface area contributed by atoms with Gasteiger partial charge in [0.15, 0.2) is 9.84 Å². The van der Waals surface area contributed by atoms with E-state index in [0.29, 0.717) is 26.2 Å². The van der Waals surface area contributed by atoms with Crippen LogP contribution in [0.5, 0.6) is 0 Å². The van der Waals surface area contributed by atoms with E-state index in [4.69, 9.17) is 5.73 Å². The molecular weight excluding hydrogens is 290 g/mol. The van der Waals surface area contributed by atoms with Crippen LogP contribution in [0, 0.1) is 0 Å². The van der Waals surface area contributed by atoms with E-state index in [1.54, 1.807) is 4.90 Å². The maximum absolute atomic E-state index is 12.1. The molecule has 1 fully saturated rings.